The Morgan fingerprint density at radius 1 is 0.571 bits per heavy atom. The Morgan fingerprint density at radius 3 is 2.17 bits per heavy atom. The van der Waals surface area contributed by atoms with Crippen LogP contribution < -0.4 is 0 Å². The van der Waals surface area contributed by atoms with E-state index in [0.717, 1.165) is 61.0 Å². The van der Waals surface area contributed by atoms with Gasteiger partial charge in [-0.15, -0.1) is 0 Å². The lowest BCUT2D eigenvalue weighted by Crippen LogP contribution is -1.97. The predicted molar refractivity (Wildman–Crippen MR) is 143 cm³/mol. The van der Waals surface area contributed by atoms with Gasteiger partial charge in [-0.1, -0.05) is 66.7 Å². The van der Waals surface area contributed by atoms with E-state index in [9.17, 15) is 0 Å². The number of para-hydroxylation sites is 2. The molecule has 0 N–H and O–H groups in total. The second-order valence-electron chi connectivity index (χ2n) is 8.57. The van der Waals surface area contributed by atoms with Gasteiger partial charge in [0, 0.05) is 34.4 Å². The summed E-state index contributed by atoms with van der Waals surface area (Å²) in [5, 5.41) is 2.19. The lowest BCUT2D eigenvalue weighted by Gasteiger charge is -2.12. The number of nitrogens with zero attached hydrogens (tertiary/aromatic N) is 4. The molecular weight excluding hydrogens is 428 g/mol. The minimum Gasteiger partial charge on any atom is -0.292 e. The van der Waals surface area contributed by atoms with Crippen molar-refractivity contribution in [2.75, 3.05) is 0 Å². The van der Waals surface area contributed by atoms with Crippen molar-refractivity contribution in [3.05, 3.63) is 122 Å². The van der Waals surface area contributed by atoms with Crippen LogP contribution in [-0.2, 0) is 0 Å². The molecule has 35 heavy (non-hydrogen) atoms. The third-order valence-electron chi connectivity index (χ3n) is 6.49. The third kappa shape index (κ3) is 3.19. The molecule has 0 radical (unpaired) electrons. The second-order valence-corrected chi connectivity index (χ2v) is 8.57. The Bertz CT molecular complexity index is 1830. The number of benzene rings is 4. The average molecular weight is 449 g/mol. The van der Waals surface area contributed by atoms with Crippen LogP contribution in [-0.4, -0.2) is 19.5 Å². The van der Waals surface area contributed by atoms with Crippen LogP contribution in [0, 0.1) is 0 Å². The summed E-state index contributed by atoms with van der Waals surface area (Å²) in [5.74, 6) is 0.936. The van der Waals surface area contributed by atoms with Crippen molar-refractivity contribution in [2.24, 2.45) is 0 Å². The van der Waals surface area contributed by atoms with Gasteiger partial charge in [-0.2, -0.15) is 0 Å². The first-order valence-electron chi connectivity index (χ1n) is 11.6. The minimum atomic E-state index is 0.927. The number of pyridine rings is 2. The van der Waals surface area contributed by atoms with Gasteiger partial charge in [-0.25, -0.2) is 4.98 Å². The number of aromatic nitrogens is 4. The second kappa shape index (κ2) is 7.89. The molecular formula is C31H20N4. The summed E-state index contributed by atoms with van der Waals surface area (Å²) in [6, 6.07) is 37.7. The van der Waals surface area contributed by atoms with E-state index in [4.69, 9.17) is 4.98 Å². The number of fused-ring (bicyclic) bond motifs is 4. The molecule has 4 aromatic carbocycles. The van der Waals surface area contributed by atoms with Gasteiger partial charge in [0.2, 0.25) is 0 Å². The first-order valence-corrected chi connectivity index (χ1v) is 11.6. The number of hydrogen-bond donors (Lipinski definition) is 0. The molecule has 3 aromatic heterocycles. The molecule has 0 atom stereocenters. The van der Waals surface area contributed by atoms with Crippen molar-refractivity contribution in [3.63, 3.8) is 0 Å². The number of imidazole rings is 1. The highest BCUT2D eigenvalue weighted by Gasteiger charge is 2.15. The van der Waals surface area contributed by atoms with E-state index in [1.165, 1.54) is 0 Å². The lowest BCUT2D eigenvalue weighted by atomic mass is 9.97. The van der Waals surface area contributed by atoms with E-state index in [0.29, 0.717) is 0 Å². The summed E-state index contributed by atoms with van der Waals surface area (Å²) in [4.78, 5) is 14.2. The third-order valence-corrected chi connectivity index (χ3v) is 6.49. The van der Waals surface area contributed by atoms with Crippen LogP contribution in [0.1, 0.15) is 0 Å². The standard InChI is InChI=1S/C31H20N4/c1-2-8-22(9-3-1)31-34-27-12-4-5-13-28(27)35(31)24-16-14-21(15-17-24)26-20-23-10-6-18-32-29(23)30-25(26)11-7-19-33-30/h1-20H. The monoisotopic (exact) mass is 448 g/mol. The van der Waals surface area contributed by atoms with Gasteiger partial charge >= 0.3 is 0 Å². The number of hydrogen-bond acceptors (Lipinski definition) is 3. The fourth-order valence-corrected chi connectivity index (χ4v) is 4.87. The molecule has 0 saturated carbocycles. The maximum atomic E-state index is 4.96. The molecule has 0 saturated heterocycles. The van der Waals surface area contributed by atoms with E-state index in [-0.39, 0.29) is 0 Å². The summed E-state index contributed by atoms with van der Waals surface area (Å²) in [5.41, 5.74) is 8.39. The molecule has 164 valence electrons. The van der Waals surface area contributed by atoms with Crippen LogP contribution in [0.4, 0.5) is 0 Å². The normalized spacial score (nSPS) is 11.4. The topological polar surface area (TPSA) is 43.6 Å². The maximum absolute atomic E-state index is 4.96. The Kier molecular flexibility index (Phi) is 4.42. The SMILES string of the molecule is c1ccc(-c2nc3ccccc3n2-c2ccc(-c3cc4cccnc4c4ncccc34)cc2)cc1. The molecule has 0 aliphatic heterocycles. The minimum absolute atomic E-state index is 0.927. The largest absolute Gasteiger partial charge is 0.292 e. The van der Waals surface area contributed by atoms with Crippen molar-refractivity contribution in [2.45, 2.75) is 0 Å². The molecule has 0 fully saturated rings. The molecule has 3 heterocycles. The van der Waals surface area contributed by atoms with Gasteiger partial charge in [-0.05, 0) is 53.6 Å². The number of rotatable bonds is 3. The van der Waals surface area contributed by atoms with Gasteiger partial charge in [-0.3, -0.25) is 14.5 Å². The molecule has 4 heteroatoms. The highest BCUT2D eigenvalue weighted by molar-refractivity contribution is 6.10. The molecule has 7 rings (SSSR count). The molecule has 0 spiro atoms. The van der Waals surface area contributed by atoms with E-state index in [1.54, 1.807) is 0 Å². The van der Waals surface area contributed by atoms with E-state index < -0.39 is 0 Å². The smallest absolute Gasteiger partial charge is 0.145 e. The zero-order valence-corrected chi connectivity index (χ0v) is 18.8. The maximum Gasteiger partial charge on any atom is 0.145 e. The van der Waals surface area contributed by atoms with E-state index >= 15 is 0 Å². The molecule has 0 unspecified atom stereocenters. The highest BCUT2D eigenvalue weighted by atomic mass is 15.1. The average Bonchev–Trinajstić information content (AvgIpc) is 3.33. The first kappa shape index (κ1) is 19.6. The van der Waals surface area contributed by atoms with Crippen LogP contribution >= 0.6 is 0 Å². The van der Waals surface area contributed by atoms with E-state index in [1.807, 2.05) is 36.7 Å². The van der Waals surface area contributed by atoms with Crippen molar-refractivity contribution in [1.29, 1.82) is 0 Å². The fraction of sp³-hybridized carbons (Fsp3) is 0. The van der Waals surface area contributed by atoms with Crippen LogP contribution in [0.15, 0.2) is 122 Å². The van der Waals surface area contributed by atoms with Crippen LogP contribution in [0.25, 0.3) is 61.0 Å². The molecule has 0 bridgehead atoms. The van der Waals surface area contributed by atoms with Gasteiger partial charge < -0.3 is 0 Å². The Morgan fingerprint density at radius 2 is 1.31 bits per heavy atom. The highest BCUT2D eigenvalue weighted by Crippen LogP contribution is 2.34. The Balaban J connectivity index is 1.42. The van der Waals surface area contributed by atoms with Crippen LogP contribution in [0.3, 0.4) is 0 Å². The zero-order valence-electron chi connectivity index (χ0n) is 18.8. The van der Waals surface area contributed by atoms with Crippen molar-refractivity contribution >= 4 is 32.8 Å². The van der Waals surface area contributed by atoms with Gasteiger partial charge in [0.05, 0.1) is 22.1 Å². The summed E-state index contributed by atoms with van der Waals surface area (Å²) < 4.78 is 2.23. The van der Waals surface area contributed by atoms with Crippen LogP contribution in [0.2, 0.25) is 0 Å². The predicted octanol–water partition coefficient (Wildman–Crippen LogP) is 7.46. The lowest BCUT2D eigenvalue weighted by molar-refractivity contribution is 1.10. The van der Waals surface area contributed by atoms with Gasteiger partial charge in [0.25, 0.3) is 0 Å². The summed E-state index contributed by atoms with van der Waals surface area (Å²) in [7, 11) is 0. The van der Waals surface area contributed by atoms with Crippen LogP contribution in [0.5, 0.6) is 0 Å². The molecule has 0 aliphatic rings. The Hall–Kier alpha value is -4.83. The summed E-state index contributed by atoms with van der Waals surface area (Å²) in [6.07, 6.45) is 3.66. The summed E-state index contributed by atoms with van der Waals surface area (Å²) >= 11 is 0. The first-order chi connectivity index (χ1) is 17.4. The fourth-order valence-electron chi connectivity index (χ4n) is 4.87. The molecule has 0 aliphatic carbocycles. The van der Waals surface area contributed by atoms with Crippen molar-refractivity contribution in [1.82, 2.24) is 19.5 Å². The molecule has 0 amide bonds. The van der Waals surface area contributed by atoms with Crippen molar-refractivity contribution in [3.8, 4) is 28.2 Å². The zero-order chi connectivity index (χ0) is 23.2. The van der Waals surface area contributed by atoms with Gasteiger partial charge in [0.15, 0.2) is 0 Å². The Labute approximate surface area is 202 Å². The van der Waals surface area contributed by atoms with E-state index in [2.05, 4.69) is 99.5 Å². The summed E-state index contributed by atoms with van der Waals surface area (Å²) in [6.45, 7) is 0. The van der Waals surface area contributed by atoms with Crippen molar-refractivity contribution < 1.29 is 0 Å². The molecule has 7 aromatic rings. The quantitative estimate of drug-likeness (QED) is 0.264. The van der Waals surface area contributed by atoms with Gasteiger partial charge in [0.1, 0.15) is 5.82 Å². The molecule has 4 nitrogen and oxygen atoms in total.